The zero-order valence-electron chi connectivity index (χ0n) is 13.8. The second-order valence-corrected chi connectivity index (χ2v) is 6.94. The summed E-state index contributed by atoms with van der Waals surface area (Å²) < 4.78 is 6.10. The minimum Gasteiger partial charge on any atom is -0.422 e. The van der Waals surface area contributed by atoms with Gasteiger partial charge in [0.1, 0.15) is 11.1 Å². The van der Waals surface area contributed by atoms with Gasteiger partial charge in [-0.2, -0.15) is 0 Å². The van der Waals surface area contributed by atoms with Gasteiger partial charge in [0, 0.05) is 15.9 Å². The fourth-order valence-corrected chi connectivity index (χ4v) is 3.03. The number of rotatable bonds is 5. The summed E-state index contributed by atoms with van der Waals surface area (Å²) in [6.45, 7) is 1.93. The molecule has 1 N–H and O–H groups in total. The van der Waals surface area contributed by atoms with E-state index in [2.05, 4.69) is 33.4 Å². The summed E-state index contributed by atoms with van der Waals surface area (Å²) in [7, 11) is 0. The van der Waals surface area contributed by atoms with Crippen molar-refractivity contribution in [3.63, 3.8) is 0 Å². The van der Waals surface area contributed by atoms with Crippen LogP contribution in [0.2, 0.25) is 0 Å². The summed E-state index contributed by atoms with van der Waals surface area (Å²) >= 11 is 3.38. The molecule has 3 aromatic rings. The first-order chi connectivity index (χ1) is 12.0. The Balaban J connectivity index is 1.71. The SMILES string of the molecule is C[C@@H](CCc1ccccc1)NC(=O)c1cc2cc(Br)ccc2oc1=O. The summed E-state index contributed by atoms with van der Waals surface area (Å²) in [6.07, 6.45) is 1.65. The van der Waals surface area contributed by atoms with Gasteiger partial charge in [-0.15, -0.1) is 0 Å². The Morgan fingerprint density at radius 3 is 2.68 bits per heavy atom. The topological polar surface area (TPSA) is 59.3 Å². The summed E-state index contributed by atoms with van der Waals surface area (Å²) in [5.41, 5.74) is 1.08. The van der Waals surface area contributed by atoms with Crippen LogP contribution in [0.4, 0.5) is 0 Å². The molecular formula is C20H18BrNO3. The van der Waals surface area contributed by atoms with E-state index in [1.165, 1.54) is 5.56 Å². The number of hydrogen-bond acceptors (Lipinski definition) is 3. The lowest BCUT2D eigenvalue weighted by Gasteiger charge is -2.13. The average Bonchev–Trinajstić information content (AvgIpc) is 2.60. The predicted octanol–water partition coefficient (Wildman–Crippen LogP) is 4.31. The van der Waals surface area contributed by atoms with E-state index in [1.807, 2.05) is 31.2 Å². The molecule has 1 aromatic heterocycles. The number of benzene rings is 2. The largest absolute Gasteiger partial charge is 0.422 e. The standard InChI is InChI=1S/C20H18BrNO3/c1-13(7-8-14-5-3-2-4-6-14)22-19(23)17-12-15-11-16(21)9-10-18(15)25-20(17)24/h2-6,9-13H,7-8H2,1H3,(H,22,23)/t13-/m0/s1. The molecule has 0 aliphatic heterocycles. The van der Waals surface area contributed by atoms with Gasteiger partial charge in [0.2, 0.25) is 0 Å². The Morgan fingerprint density at radius 2 is 1.92 bits per heavy atom. The fraction of sp³-hybridized carbons (Fsp3) is 0.200. The van der Waals surface area contributed by atoms with Crippen LogP contribution < -0.4 is 10.9 Å². The molecule has 0 unspecified atom stereocenters. The molecule has 3 rings (SSSR count). The number of carbonyl (C=O) groups excluding carboxylic acids is 1. The van der Waals surface area contributed by atoms with Crippen molar-refractivity contribution in [1.29, 1.82) is 0 Å². The van der Waals surface area contributed by atoms with Crippen molar-refractivity contribution in [1.82, 2.24) is 5.32 Å². The van der Waals surface area contributed by atoms with Crippen LogP contribution in [0.15, 0.2) is 68.3 Å². The number of hydrogen-bond donors (Lipinski definition) is 1. The van der Waals surface area contributed by atoms with Crippen LogP contribution in [-0.2, 0) is 6.42 Å². The van der Waals surface area contributed by atoms with Crippen LogP contribution in [-0.4, -0.2) is 11.9 Å². The first-order valence-electron chi connectivity index (χ1n) is 8.11. The molecule has 25 heavy (non-hydrogen) atoms. The minimum absolute atomic E-state index is 0.0251. The molecule has 0 aliphatic carbocycles. The molecule has 0 spiro atoms. The molecule has 4 nitrogen and oxygen atoms in total. The van der Waals surface area contributed by atoms with E-state index in [-0.39, 0.29) is 11.6 Å². The summed E-state index contributed by atoms with van der Waals surface area (Å²) in [6, 6.07) is 16.9. The normalized spacial score (nSPS) is 12.1. The first-order valence-corrected chi connectivity index (χ1v) is 8.90. The number of carbonyl (C=O) groups is 1. The first kappa shape index (κ1) is 17.4. The third-order valence-electron chi connectivity index (χ3n) is 4.03. The molecule has 0 saturated heterocycles. The van der Waals surface area contributed by atoms with Gasteiger partial charge in [0.05, 0.1) is 0 Å². The molecule has 0 saturated carbocycles. The highest BCUT2D eigenvalue weighted by Crippen LogP contribution is 2.19. The van der Waals surface area contributed by atoms with E-state index in [0.717, 1.165) is 17.3 Å². The number of aryl methyl sites for hydroxylation is 1. The van der Waals surface area contributed by atoms with Gasteiger partial charge in [0.25, 0.3) is 5.91 Å². The molecular weight excluding hydrogens is 382 g/mol. The molecule has 1 amide bonds. The highest BCUT2D eigenvalue weighted by molar-refractivity contribution is 9.10. The van der Waals surface area contributed by atoms with E-state index in [1.54, 1.807) is 18.2 Å². The lowest BCUT2D eigenvalue weighted by molar-refractivity contribution is 0.0935. The molecule has 0 bridgehead atoms. The Morgan fingerprint density at radius 1 is 1.16 bits per heavy atom. The minimum atomic E-state index is -0.623. The lowest BCUT2D eigenvalue weighted by Crippen LogP contribution is -2.35. The maximum atomic E-state index is 12.4. The van der Waals surface area contributed by atoms with E-state index in [4.69, 9.17) is 4.42 Å². The molecule has 0 fully saturated rings. The quantitative estimate of drug-likeness (QED) is 0.650. The highest BCUT2D eigenvalue weighted by atomic mass is 79.9. The monoisotopic (exact) mass is 399 g/mol. The van der Waals surface area contributed by atoms with Crippen LogP contribution in [0.5, 0.6) is 0 Å². The predicted molar refractivity (Wildman–Crippen MR) is 102 cm³/mol. The van der Waals surface area contributed by atoms with Crippen LogP contribution in [0.3, 0.4) is 0 Å². The van der Waals surface area contributed by atoms with Crippen LogP contribution in [0.25, 0.3) is 11.0 Å². The van der Waals surface area contributed by atoms with Gasteiger partial charge >= 0.3 is 5.63 Å². The Labute approximate surface area is 154 Å². The van der Waals surface area contributed by atoms with Gasteiger partial charge in [-0.05, 0) is 49.6 Å². The van der Waals surface area contributed by atoms with Crippen molar-refractivity contribution >= 4 is 32.8 Å². The summed E-state index contributed by atoms with van der Waals surface area (Å²) in [5.74, 6) is -0.406. The number of nitrogens with one attached hydrogen (secondary N) is 1. The van der Waals surface area contributed by atoms with E-state index in [0.29, 0.717) is 11.0 Å². The average molecular weight is 400 g/mol. The molecule has 1 atom stereocenters. The maximum absolute atomic E-state index is 12.4. The van der Waals surface area contributed by atoms with Crippen LogP contribution >= 0.6 is 15.9 Å². The van der Waals surface area contributed by atoms with E-state index in [9.17, 15) is 9.59 Å². The molecule has 5 heteroatoms. The molecule has 0 radical (unpaired) electrons. The van der Waals surface area contributed by atoms with E-state index >= 15 is 0 Å². The molecule has 2 aromatic carbocycles. The smallest absolute Gasteiger partial charge is 0.349 e. The van der Waals surface area contributed by atoms with Gasteiger partial charge in [0.15, 0.2) is 0 Å². The molecule has 1 heterocycles. The highest BCUT2D eigenvalue weighted by Gasteiger charge is 2.16. The second-order valence-electron chi connectivity index (χ2n) is 6.03. The summed E-state index contributed by atoms with van der Waals surface area (Å²) in [4.78, 5) is 24.5. The van der Waals surface area contributed by atoms with Gasteiger partial charge < -0.3 is 9.73 Å². The number of amides is 1. The van der Waals surface area contributed by atoms with Crippen molar-refractivity contribution in [3.05, 3.63) is 80.6 Å². The van der Waals surface area contributed by atoms with Crippen LogP contribution in [0, 0.1) is 0 Å². The van der Waals surface area contributed by atoms with Gasteiger partial charge in [-0.1, -0.05) is 46.3 Å². The van der Waals surface area contributed by atoms with Crippen molar-refractivity contribution in [3.8, 4) is 0 Å². The number of fused-ring (bicyclic) bond motifs is 1. The number of halogens is 1. The Bertz CT molecular complexity index is 950. The Hall–Kier alpha value is -2.40. The van der Waals surface area contributed by atoms with Crippen molar-refractivity contribution < 1.29 is 9.21 Å². The van der Waals surface area contributed by atoms with Crippen molar-refractivity contribution in [2.75, 3.05) is 0 Å². The zero-order valence-corrected chi connectivity index (χ0v) is 15.4. The van der Waals surface area contributed by atoms with Gasteiger partial charge in [-0.25, -0.2) is 4.79 Å². The second kappa shape index (κ2) is 7.66. The lowest BCUT2D eigenvalue weighted by atomic mass is 10.1. The summed E-state index contributed by atoms with van der Waals surface area (Å²) in [5, 5.41) is 3.58. The molecule has 0 aliphatic rings. The third kappa shape index (κ3) is 4.37. The van der Waals surface area contributed by atoms with Crippen molar-refractivity contribution in [2.24, 2.45) is 0 Å². The van der Waals surface area contributed by atoms with Crippen LogP contribution in [0.1, 0.15) is 29.3 Å². The van der Waals surface area contributed by atoms with Crippen molar-refractivity contribution in [2.45, 2.75) is 25.8 Å². The van der Waals surface area contributed by atoms with Gasteiger partial charge in [-0.3, -0.25) is 4.79 Å². The fourth-order valence-electron chi connectivity index (χ4n) is 2.65. The Kier molecular flexibility index (Phi) is 5.34. The van der Waals surface area contributed by atoms with E-state index < -0.39 is 11.5 Å². The maximum Gasteiger partial charge on any atom is 0.349 e. The molecule has 128 valence electrons. The zero-order chi connectivity index (χ0) is 17.8. The third-order valence-corrected chi connectivity index (χ3v) is 4.52.